The second-order valence-electron chi connectivity index (χ2n) is 7.07. The fraction of sp³-hybridized carbons (Fsp3) is 0.706. The lowest BCUT2D eigenvalue weighted by molar-refractivity contribution is 0.0719. The lowest BCUT2D eigenvalue weighted by Gasteiger charge is -2.38. The van der Waals surface area contributed by atoms with Gasteiger partial charge in [-0.2, -0.15) is 10.1 Å². The second-order valence-corrected chi connectivity index (χ2v) is 7.07. The van der Waals surface area contributed by atoms with Gasteiger partial charge in [0, 0.05) is 18.2 Å². The maximum Gasteiger partial charge on any atom is 0.243 e. The fourth-order valence-electron chi connectivity index (χ4n) is 3.58. The number of hydrogen-bond acceptors (Lipinski definition) is 5. The van der Waals surface area contributed by atoms with E-state index in [2.05, 4.69) is 44.9 Å². The molecule has 1 aliphatic heterocycles. The molecule has 1 saturated carbocycles. The van der Waals surface area contributed by atoms with Gasteiger partial charge in [-0.15, -0.1) is 0 Å². The molecule has 2 aromatic rings. The van der Waals surface area contributed by atoms with E-state index < -0.39 is 0 Å². The van der Waals surface area contributed by atoms with Crippen LogP contribution in [0.1, 0.15) is 68.3 Å². The predicted molar refractivity (Wildman–Crippen MR) is 86.0 cm³/mol. The van der Waals surface area contributed by atoms with Gasteiger partial charge in [0.2, 0.25) is 5.89 Å². The predicted octanol–water partition coefficient (Wildman–Crippen LogP) is 3.07. The molecule has 0 bridgehead atoms. The number of nitrogens with zero attached hydrogens (tertiary/aromatic N) is 5. The van der Waals surface area contributed by atoms with Crippen molar-refractivity contribution in [3.05, 3.63) is 29.7 Å². The average molecular weight is 315 g/mol. The minimum absolute atomic E-state index is 0.178. The third-order valence-electron chi connectivity index (χ3n) is 5.09. The van der Waals surface area contributed by atoms with E-state index in [1.807, 2.05) is 6.20 Å². The van der Waals surface area contributed by atoms with Gasteiger partial charge in [-0.1, -0.05) is 11.6 Å². The Morgan fingerprint density at radius 1 is 1.30 bits per heavy atom. The zero-order valence-electron chi connectivity index (χ0n) is 14.0. The molecule has 0 aromatic carbocycles. The summed E-state index contributed by atoms with van der Waals surface area (Å²) in [5, 5.41) is 8.63. The van der Waals surface area contributed by atoms with E-state index in [0.717, 1.165) is 24.8 Å². The van der Waals surface area contributed by atoms with Gasteiger partial charge in [0.15, 0.2) is 5.82 Å². The van der Waals surface area contributed by atoms with Gasteiger partial charge in [-0.3, -0.25) is 9.58 Å². The Morgan fingerprint density at radius 3 is 2.91 bits per heavy atom. The zero-order valence-corrected chi connectivity index (χ0v) is 14.0. The van der Waals surface area contributed by atoms with Crippen LogP contribution in [-0.2, 0) is 6.54 Å². The third kappa shape index (κ3) is 3.17. The molecule has 0 unspecified atom stereocenters. The highest BCUT2D eigenvalue weighted by Crippen LogP contribution is 2.39. The van der Waals surface area contributed by atoms with E-state index in [-0.39, 0.29) is 6.04 Å². The maximum absolute atomic E-state index is 5.56. The summed E-state index contributed by atoms with van der Waals surface area (Å²) in [6.45, 7) is 6.30. The molecule has 2 atom stereocenters. The highest BCUT2D eigenvalue weighted by Gasteiger charge is 2.33. The van der Waals surface area contributed by atoms with Crippen molar-refractivity contribution in [2.75, 3.05) is 6.54 Å². The Balaban J connectivity index is 1.49. The Morgan fingerprint density at radius 2 is 2.17 bits per heavy atom. The average Bonchev–Trinajstić information content (AvgIpc) is 3.15. The monoisotopic (exact) mass is 315 g/mol. The molecule has 3 heterocycles. The van der Waals surface area contributed by atoms with Gasteiger partial charge < -0.3 is 4.52 Å². The van der Waals surface area contributed by atoms with Gasteiger partial charge in [-0.05, 0) is 51.6 Å². The van der Waals surface area contributed by atoms with Gasteiger partial charge in [-0.25, -0.2) is 0 Å². The molecule has 23 heavy (non-hydrogen) atoms. The largest absolute Gasteiger partial charge is 0.338 e. The summed E-state index contributed by atoms with van der Waals surface area (Å²) in [6, 6.07) is 0.659. The molecule has 1 aliphatic carbocycles. The van der Waals surface area contributed by atoms with Crippen LogP contribution in [0.15, 0.2) is 16.9 Å². The van der Waals surface area contributed by atoms with Crippen LogP contribution < -0.4 is 0 Å². The summed E-state index contributed by atoms with van der Waals surface area (Å²) in [7, 11) is 0. The van der Waals surface area contributed by atoms with Crippen LogP contribution in [-0.4, -0.2) is 37.4 Å². The molecule has 6 heteroatoms. The topological polar surface area (TPSA) is 60.0 Å². The first-order valence-corrected chi connectivity index (χ1v) is 8.79. The molecule has 1 saturated heterocycles. The number of aromatic nitrogens is 4. The number of likely N-dealkylation sites (tertiary alicyclic amines) is 1. The van der Waals surface area contributed by atoms with E-state index in [0.29, 0.717) is 12.0 Å². The second kappa shape index (κ2) is 6.07. The third-order valence-corrected chi connectivity index (χ3v) is 5.09. The summed E-state index contributed by atoms with van der Waals surface area (Å²) in [5.74, 6) is 2.22. The van der Waals surface area contributed by atoms with Crippen molar-refractivity contribution >= 4 is 0 Å². The van der Waals surface area contributed by atoms with Crippen LogP contribution in [0, 0.1) is 6.92 Å². The first-order chi connectivity index (χ1) is 11.2. The minimum Gasteiger partial charge on any atom is -0.338 e. The summed E-state index contributed by atoms with van der Waals surface area (Å²) in [4.78, 5) is 7.17. The summed E-state index contributed by atoms with van der Waals surface area (Å²) in [5.41, 5.74) is 1.21. The highest BCUT2D eigenvalue weighted by molar-refractivity contribution is 5.05. The van der Waals surface area contributed by atoms with E-state index in [9.17, 15) is 0 Å². The summed E-state index contributed by atoms with van der Waals surface area (Å²) >= 11 is 0. The number of rotatable bonds is 5. The van der Waals surface area contributed by atoms with Crippen molar-refractivity contribution in [3.63, 3.8) is 0 Å². The van der Waals surface area contributed by atoms with E-state index >= 15 is 0 Å². The molecule has 6 nitrogen and oxygen atoms in total. The number of piperidine rings is 1. The Hall–Kier alpha value is -1.69. The van der Waals surface area contributed by atoms with Crippen LogP contribution in [0.2, 0.25) is 0 Å². The first-order valence-electron chi connectivity index (χ1n) is 8.79. The Bertz CT molecular complexity index is 659. The van der Waals surface area contributed by atoms with Crippen molar-refractivity contribution in [1.82, 2.24) is 24.8 Å². The molecule has 0 radical (unpaired) electrons. The van der Waals surface area contributed by atoms with Gasteiger partial charge in [0.25, 0.3) is 0 Å². The first kappa shape index (κ1) is 14.9. The lowest BCUT2D eigenvalue weighted by Crippen LogP contribution is -2.43. The van der Waals surface area contributed by atoms with Gasteiger partial charge in [0.05, 0.1) is 18.8 Å². The smallest absolute Gasteiger partial charge is 0.243 e. The van der Waals surface area contributed by atoms with Gasteiger partial charge in [0.1, 0.15) is 0 Å². The molecule has 0 amide bonds. The maximum atomic E-state index is 5.56. The van der Waals surface area contributed by atoms with Crippen molar-refractivity contribution < 1.29 is 4.52 Å². The van der Waals surface area contributed by atoms with Crippen LogP contribution in [0.4, 0.5) is 0 Å². The molecule has 2 aromatic heterocycles. The minimum atomic E-state index is 0.178. The fourth-order valence-corrected chi connectivity index (χ4v) is 3.58. The van der Waals surface area contributed by atoms with Gasteiger partial charge >= 0.3 is 0 Å². The zero-order chi connectivity index (χ0) is 15.8. The molecule has 2 aliphatic rings. The molecule has 124 valence electrons. The standard InChI is InChI=1S/C17H25N5O/c1-12-9-18-21(10-12)11-15-5-3-4-8-22(15)13(2)17-19-16(20-23-17)14-6-7-14/h9-10,13-15H,3-8,11H2,1-2H3/t13-,15-/m0/s1. The lowest BCUT2D eigenvalue weighted by atomic mass is 10.00. The van der Waals surface area contributed by atoms with Crippen molar-refractivity contribution in [1.29, 1.82) is 0 Å². The van der Waals surface area contributed by atoms with Crippen LogP contribution in [0.25, 0.3) is 0 Å². The molecule has 2 fully saturated rings. The number of aryl methyl sites for hydroxylation is 1. The van der Waals surface area contributed by atoms with Crippen LogP contribution in [0.5, 0.6) is 0 Å². The normalized spacial score (nSPS) is 24.0. The van der Waals surface area contributed by atoms with Crippen LogP contribution >= 0.6 is 0 Å². The van der Waals surface area contributed by atoms with E-state index in [1.165, 1.54) is 37.7 Å². The van der Waals surface area contributed by atoms with E-state index in [1.54, 1.807) is 0 Å². The molecular formula is C17H25N5O. The molecule has 4 rings (SSSR count). The Kier molecular flexibility index (Phi) is 3.93. The van der Waals surface area contributed by atoms with Crippen molar-refractivity contribution in [2.45, 2.75) is 70.5 Å². The van der Waals surface area contributed by atoms with E-state index in [4.69, 9.17) is 4.52 Å². The van der Waals surface area contributed by atoms with Crippen molar-refractivity contribution in [2.24, 2.45) is 0 Å². The summed E-state index contributed by atoms with van der Waals surface area (Å²) in [6.07, 6.45) is 10.2. The van der Waals surface area contributed by atoms with Crippen molar-refractivity contribution in [3.8, 4) is 0 Å². The SMILES string of the molecule is Cc1cnn(C[C@@H]2CCCCN2[C@@H](C)c2nc(C3CC3)no2)c1. The highest BCUT2D eigenvalue weighted by atomic mass is 16.5. The quantitative estimate of drug-likeness (QED) is 0.848. The van der Waals surface area contributed by atoms with Crippen LogP contribution in [0.3, 0.4) is 0 Å². The molecule has 0 N–H and O–H groups in total. The molecule has 0 spiro atoms. The summed E-state index contributed by atoms with van der Waals surface area (Å²) < 4.78 is 7.62. The molecular weight excluding hydrogens is 290 g/mol. The number of hydrogen-bond donors (Lipinski definition) is 0. The Labute approximate surface area is 136 Å².